The first-order valence-electron chi connectivity index (χ1n) is 6.23. The second-order valence-corrected chi connectivity index (χ2v) is 5.30. The summed E-state index contributed by atoms with van der Waals surface area (Å²) >= 11 is 0. The summed E-state index contributed by atoms with van der Waals surface area (Å²) < 4.78 is 5.23. The van der Waals surface area contributed by atoms with Gasteiger partial charge in [0.15, 0.2) is 0 Å². The largest absolute Gasteiger partial charge is 0.460 e. The maximum Gasteiger partial charge on any atom is 0.307 e. The number of pyridine rings is 1. The second-order valence-electron chi connectivity index (χ2n) is 5.30. The van der Waals surface area contributed by atoms with Crippen molar-refractivity contribution in [2.75, 3.05) is 6.54 Å². The predicted octanol–water partition coefficient (Wildman–Crippen LogP) is 2.46. The summed E-state index contributed by atoms with van der Waals surface area (Å²) in [6, 6.07) is 4.10. The molecule has 1 heterocycles. The third-order valence-electron chi connectivity index (χ3n) is 2.38. The van der Waals surface area contributed by atoms with Crippen molar-refractivity contribution in [2.45, 2.75) is 45.8 Å². The zero-order valence-corrected chi connectivity index (χ0v) is 11.6. The summed E-state index contributed by atoms with van der Waals surface area (Å²) in [5, 5.41) is 3.27. The highest BCUT2D eigenvalue weighted by Gasteiger charge is 2.16. The summed E-state index contributed by atoms with van der Waals surface area (Å²) in [5.41, 5.74) is 0.702. The van der Waals surface area contributed by atoms with Crippen LogP contribution in [-0.4, -0.2) is 23.1 Å². The molecular weight excluding hydrogens is 228 g/mol. The number of carbonyl (C=O) groups is 1. The molecule has 0 radical (unpaired) electrons. The molecule has 4 heteroatoms. The Morgan fingerprint density at radius 3 is 2.78 bits per heavy atom. The number of rotatable bonds is 5. The molecule has 0 aliphatic heterocycles. The molecule has 0 bridgehead atoms. The molecule has 100 valence electrons. The first-order valence-corrected chi connectivity index (χ1v) is 6.23. The van der Waals surface area contributed by atoms with Crippen molar-refractivity contribution in [3.8, 4) is 0 Å². The van der Waals surface area contributed by atoms with Gasteiger partial charge in [-0.15, -0.1) is 0 Å². The van der Waals surface area contributed by atoms with Crippen LogP contribution in [0.5, 0.6) is 0 Å². The highest BCUT2D eigenvalue weighted by atomic mass is 16.6. The Morgan fingerprint density at radius 2 is 2.22 bits per heavy atom. The highest BCUT2D eigenvalue weighted by Crippen LogP contribution is 2.10. The molecule has 1 aromatic rings. The van der Waals surface area contributed by atoms with Crippen LogP contribution in [0.15, 0.2) is 24.5 Å². The van der Waals surface area contributed by atoms with E-state index in [1.165, 1.54) is 0 Å². The molecule has 0 aliphatic carbocycles. The lowest BCUT2D eigenvalue weighted by atomic mass is 10.1. The summed E-state index contributed by atoms with van der Waals surface area (Å²) in [7, 11) is 0. The van der Waals surface area contributed by atoms with Gasteiger partial charge >= 0.3 is 5.97 Å². The van der Waals surface area contributed by atoms with E-state index in [4.69, 9.17) is 4.74 Å². The zero-order chi connectivity index (χ0) is 13.6. The standard InChI is InChI=1S/C14H22N2O2/c1-11(12-6-5-8-15-10-12)16-9-7-13(17)18-14(2,3)4/h5-6,8,10-11,16H,7,9H2,1-4H3/t11-/m1/s1. The first-order chi connectivity index (χ1) is 8.38. The lowest BCUT2D eigenvalue weighted by Gasteiger charge is -2.20. The number of nitrogens with one attached hydrogen (secondary N) is 1. The van der Waals surface area contributed by atoms with Crippen molar-refractivity contribution in [3.05, 3.63) is 30.1 Å². The van der Waals surface area contributed by atoms with E-state index in [0.29, 0.717) is 13.0 Å². The molecule has 0 saturated heterocycles. The van der Waals surface area contributed by atoms with Crippen LogP contribution in [-0.2, 0) is 9.53 Å². The van der Waals surface area contributed by atoms with Crippen LogP contribution in [0, 0.1) is 0 Å². The molecule has 0 unspecified atom stereocenters. The van der Waals surface area contributed by atoms with Gasteiger partial charge in [0, 0.05) is 25.0 Å². The molecule has 0 aliphatic rings. The highest BCUT2D eigenvalue weighted by molar-refractivity contribution is 5.70. The average Bonchev–Trinajstić information content (AvgIpc) is 2.27. The number of hydrogen-bond acceptors (Lipinski definition) is 4. The van der Waals surface area contributed by atoms with Gasteiger partial charge < -0.3 is 10.1 Å². The third-order valence-corrected chi connectivity index (χ3v) is 2.38. The van der Waals surface area contributed by atoms with Crippen LogP contribution < -0.4 is 5.32 Å². The predicted molar refractivity (Wildman–Crippen MR) is 71.1 cm³/mol. The Balaban J connectivity index is 2.28. The van der Waals surface area contributed by atoms with Crippen molar-refractivity contribution >= 4 is 5.97 Å². The fourth-order valence-electron chi connectivity index (χ4n) is 1.53. The van der Waals surface area contributed by atoms with Gasteiger partial charge in [0.25, 0.3) is 0 Å². The Hall–Kier alpha value is -1.42. The maximum atomic E-state index is 11.5. The maximum absolute atomic E-state index is 11.5. The smallest absolute Gasteiger partial charge is 0.307 e. The molecular formula is C14H22N2O2. The fraction of sp³-hybridized carbons (Fsp3) is 0.571. The third kappa shape index (κ3) is 5.77. The van der Waals surface area contributed by atoms with Gasteiger partial charge in [0.2, 0.25) is 0 Å². The van der Waals surface area contributed by atoms with Gasteiger partial charge in [-0.05, 0) is 39.3 Å². The average molecular weight is 250 g/mol. The van der Waals surface area contributed by atoms with Crippen LogP contribution in [0.25, 0.3) is 0 Å². The molecule has 0 spiro atoms. The van der Waals surface area contributed by atoms with Gasteiger partial charge in [0.05, 0.1) is 6.42 Å². The minimum Gasteiger partial charge on any atom is -0.460 e. The van der Waals surface area contributed by atoms with E-state index < -0.39 is 5.60 Å². The van der Waals surface area contributed by atoms with Crippen molar-refractivity contribution in [2.24, 2.45) is 0 Å². The lowest BCUT2D eigenvalue weighted by Crippen LogP contribution is -2.27. The molecule has 1 aromatic heterocycles. The molecule has 1 rings (SSSR count). The van der Waals surface area contributed by atoms with E-state index in [-0.39, 0.29) is 12.0 Å². The number of hydrogen-bond donors (Lipinski definition) is 1. The van der Waals surface area contributed by atoms with E-state index in [1.54, 1.807) is 6.20 Å². The summed E-state index contributed by atoms with van der Waals surface area (Å²) in [4.78, 5) is 15.6. The molecule has 18 heavy (non-hydrogen) atoms. The van der Waals surface area contributed by atoms with E-state index in [9.17, 15) is 4.79 Å². The van der Waals surface area contributed by atoms with Crippen LogP contribution in [0.4, 0.5) is 0 Å². The van der Waals surface area contributed by atoms with Crippen LogP contribution >= 0.6 is 0 Å². The van der Waals surface area contributed by atoms with Crippen molar-refractivity contribution in [1.29, 1.82) is 0 Å². The molecule has 0 amide bonds. The van der Waals surface area contributed by atoms with Gasteiger partial charge in [-0.1, -0.05) is 6.07 Å². The number of nitrogens with zero attached hydrogens (tertiary/aromatic N) is 1. The topological polar surface area (TPSA) is 51.2 Å². The Morgan fingerprint density at radius 1 is 1.50 bits per heavy atom. The zero-order valence-electron chi connectivity index (χ0n) is 11.6. The molecule has 4 nitrogen and oxygen atoms in total. The van der Waals surface area contributed by atoms with Crippen LogP contribution in [0.2, 0.25) is 0 Å². The SMILES string of the molecule is C[C@@H](NCCC(=O)OC(C)(C)C)c1cccnc1. The van der Waals surface area contributed by atoms with Crippen molar-refractivity contribution in [1.82, 2.24) is 10.3 Å². The molecule has 0 fully saturated rings. The minimum atomic E-state index is -0.411. The second kappa shape index (κ2) is 6.50. The Bertz CT molecular complexity index is 371. The Labute approximate surface area is 109 Å². The van der Waals surface area contributed by atoms with E-state index in [0.717, 1.165) is 5.56 Å². The van der Waals surface area contributed by atoms with Gasteiger partial charge in [-0.2, -0.15) is 0 Å². The molecule has 0 saturated carbocycles. The number of aromatic nitrogens is 1. The number of carbonyl (C=O) groups excluding carboxylic acids is 1. The summed E-state index contributed by atoms with van der Waals surface area (Å²) in [6.07, 6.45) is 3.95. The summed E-state index contributed by atoms with van der Waals surface area (Å²) in [5.74, 6) is -0.173. The van der Waals surface area contributed by atoms with E-state index >= 15 is 0 Å². The van der Waals surface area contributed by atoms with E-state index in [1.807, 2.05) is 46.0 Å². The Kier molecular flexibility index (Phi) is 5.28. The lowest BCUT2D eigenvalue weighted by molar-refractivity contribution is -0.154. The van der Waals surface area contributed by atoms with Crippen LogP contribution in [0.3, 0.4) is 0 Å². The minimum absolute atomic E-state index is 0.173. The molecule has 1 N–H and O–H groups in total. The van der Waals surface area contributed by atoms with Gasteiger partial charge in [-0.25, -0.2) is 0 Å². The normalized spacial score (nSPS) is 13.1. The summed E-state index contributed by atoms with van der Waals surface area (Å²) in [6.45, 7) is 8.26. The molecule has 0 aromatic carbocycles. The first kappa shape index (κ1) is 14.6. The van der Waals surface area contributed by atoms with Crippen molar-refractivity contribution < 1.29 is 9.53 Å². The van der Waals surface area contributed by atoms with Crippen LogP contribution in [0.1, 0.15) is 45.7 Å². The number of ether oxygens (including phenoxy) is 1. The van der Waals surface area contributed by atoms with E-state index in [2.05, 4.69) is 10.3 Å². The fourth-order valence-corrected chi connectivity index (χ4v) is 1.53. The van der Waals surface area contributed by atoms with Gasteiger partial charge in [-0.3, -0.25) is 9.78 Å². The van der Waals surface area contributed by atoms with Crippen molar-refractivity contribution in [3.63, 3.8) is 0 Å². The number of esters is 1. The quantitative estimate of drug-likeness (QED) is 0.816. The monoisotopic (exact) mass is 250 g/mol. The molecule has 1 atom stereocenters. The van der Waals surface area contributed by atoms with Gasteiger partial charge in [0.1, 0.15) is 5.60 Å².